The van der Waals surface area contributed by atoms with Crippen LogP contribution in [0.3, 0.4) is 0 Å². The maximum atomic E-state index is 10.8. The summed E-state index contributed by atoms with van der Waals surface area (Å²) in [6.45, 7) is 0.485. The number of amides is 1. The summed E-state index contributed by atoms with van der Waals surface area (Å²) in [5, 5.41) is 13.9. The van der Waals surface area contributed by atoms with Crippen molar-refractivity contribution in [3.05, 3.63) is 16.4 Å². The van der Waals surface area contributed by atoms with Crippen molar-refractivity contribution < 1.29 is 9.72 Å². The van der Waals surface area contributed by atoms with Gasteiger partial charge in [-0.2, -0.15) is 4.68 Å². The monoisotopic (exact) mass is 228 g/mol. The van der Waals surface area contributed by atoms with Gasteiger partial charge in [-0.3, -0.25) is 10.2 Å². The third kappa shape index (κ3) is 3.61. The molecule has 0 unspecified atom stereocenters. The van der Waals surface area contributed by atoms with Crippen LogP contribution in [-0.2, 0) is 11.3 Å². The Kier molecular flexibility index (Phi) is 4.33. The summed E-state index contributed by atoms with van der Waals surface area (Å²) in [5.41, 5.74) is 2.02. The molecule has 16 heavy (non-hydrogen) atoms. The van der Waals surface area contributed by atoms with Crippen molar-refractivity contribution in [1.82, 2.24) is 20.2 Å². The lowest BCUT2D eigenvalue weighted by atomic mass is 10.2. The number of rotatable bonds is 6. The molecule has 0 spiro atoms. The summed E-state index contributed by atoms with van der Waals surface area (Å²) in [7, 11) is 0. The van der Waals surface area contributed by atoms with Gasteiger partial charge in [-0.25, -0.2) is 5.84 Å². The predicted octanol–water partition coefficient (Wildman–Crippen LogP) is -0.654. The van der Waals surface area contributed by atoms with Crippen molar-refractivity contribution in [1.29, 1.82) is 0 Å². The molecule has 88 valence electrons. The van der Waals surface area contributed by atoms with Crippen molar-refractivity contribution >= 4 is 11.9 Å². The van der Waals surface area contributed by atoms with Crippen LogP contribution in [-0.4, -0.2) is 25.6 Å². The molecule has 1 heterocycles. The fourth-order valence-electron chi connectivity index (χ4n) is 1.11. The van der Waals surface area contributed by atoms with Gasteiger partial charge >= 0.3 is 5.95 Å². The lowest BCUT2D eigenvalue weighted by Crippen LogP contribution is -2.29. The first-order valence-electron chi connectivity index (χ1n) is 4.66. The molecular weight excluding hydrogens is 216 g/mol. The third-order valence-electron chi connectivity index (χ3n) is 1.89. The topological polar surface area (TPSA) is 129 Å². The molecule has 0 saturated carbocycles. The Morgan fingerprint density at radius 2 is 2.38 bits per heavy atom. The summed E-state index contributed by atoms with van der Waals surface area (Å²) < 4.78 is 1.37. The average Bonchev–Trinajstić information content (AvgIpc) is 2.72. The highest BCUT2D eigenvalue weighted by atomic mass is 16.6. The number of nitrogens with zero attached hydrogens (tertiary/aromatic N) is 4. The SMILES string of the molecule is NNC(=O)CCCCn1cnc([N+](=O)[O-])n1. The second-order valence-electron chi connectivity index (χ2n) is 3.09. The van der Waals surface area contributed by atoms with Crippen LogP contribution in [0.15, 0.2) is 6.33 Å². The molecule has 1 aromatic rings. The van der Waals surface area contributed by atoms with E-state index < -0.39 is 10.9 Å². The Bertz CT molecular complexity index is 376. The molecule has 0 fully saturated rings. The lowest BCUT2D eigenvalue weighted by Gasteiger charge is -1.98. The second-order valence-corrected chi connectivity index (χ2v) is 3.09. The molecule has 1 aromatic heterocycles. The molecule has 9 heteroatoms. The molecule has 1 rings (SSSR count). The number of carbonyl (C=O) groups is 1. The van der Waals surface area contributed by atoms with E-state index in [1.165, 1.54) is 11.0 Å². The maximum Gasteiger partial charge on any atom is 0.490 e. The predicted molar refractivity (Wildman–Crippen MR) is 52.9 cm³/mol. The Labute approximate surface area is 90.8 Å². The van der Waals surface area contributed by atoms with Crippen molar-refractivity contribution in [2.75, 3.05) is 0 Å². The third-order valence-corrected chi connectivity index (χ3v) is 1.89. The van der Waals surface area contributed by atoms with Gasteiger partial charge in [0.25, 0.3) is 0 Å². The quantitative estimate of drug-likeness (QED) is 0.219. The highest BCUT2D eigenvalue weighted by Crippen LogP contribution is 2.02. The molecule has 0 aromatic carbocycles. The molecule has 3 N–H and O–H groups in total. The number of aromatic nitrogens is 3. The van der Waals surface area contributed by atoms with E-state index in [1.807, 2.05) is 5.43 Å². The molecule has 1 amide bonds. The zero-order valence-corrected chi connectivity index (χ0v) is 8.50. The number of nitrogens with one attached hydrogen (secondary N) is 1. The molecule has 0 aliphatic rings. The van der Waals surface area contributed by atoms with Crippen LogP contribution in [0.2, 0.25) is 0 Å². The van der Waals surface area contributed by atoms with Gasteiger partial charge < -0.3 is 10.1 Å². The Morgan fingerprint density at radius 3 is 2.94 bits per heavy atom. The van der Waals surface area contributed by atoms with E-state index in [0.29, 0.717) is 25.8 Å². The summed E-state index contributed by atoms with van der Waals surface area (Å²) in [4.78, 5) is 23.9. The summed E-state index contributed by atoms with van der Waals surface area (Å²) in [6, 6.07) is 0. The van der Waals surface area contributed by atoms with E-state index in [2.05, 4.69) is 10.1 Å². The van der Waals surface area contributed by atoms with Crippen LogP contribution < -0.4 is 11.3 Å². The zero-order valence-electron chi connectivity index (χ0n) is 8.50. The first-order valence-corrected chi connectivity index (χ1v) is 4.66. The Morgan fingerprint density at radius 1 is 1.62 bits per heavy atom. The molecular formula is C7H12N6O3. The molecule has 0 bridgehead atoms. The minimum Gasteiger partial charge on any atom is -0.390 e. The first kappa shape index (κ1) is 12.0. The van der Waals surface area contributed by atoms with Gasteiger partial charge in [0.2, 0.25) is 12.2 Å². The maximum absolute atomic E-state index is 10.8. The zero-order chi connectivity index (χ0) is 12.0. The van der Waals surface area contributed by atoms with E-state index in [0.717, 1.165) is 0 Å². The lowest BCUT2D eigenvalue weighted by molar-refractivity contribution is -0.394. The van der Waals surface area contributed by atoms with E-state index in [9.17, 15) is 14.9 Å². The number of hydrogen-bond acceptors (Lipinski definition) is 6. The smallest absolute Gasteiger partial charge is 0.390 e. The molecule has 0 aliphatic carbocycles. The number of hydrazine groups is 1. The Hall–Kier alpha value is -2.03. The number of unbranched alkanes of at least 4 members (excludes halogenated alkanes) is 1. The van der Waals surface area contributed by atoms with Gasteiger partial charge in [0.05, 0.1) is 6.54 Å². The van der Waals surface area contributed by atoms with Crippen LogP contribution in [0.4, 0.5) is 5.95 Å². The minimum absolute atomic E-state index is 0.232. The van der Waals surface area contributed by atoms with Gasteiger partial charge in [0.1, 0.15) is 0 Å². The van der Waals surface area contributed by atoms with Crippen LogP contribution >= 0.6 is 0 Å². The van der Waals surface area contributed by atoms with Crippen molar-refractivity contribution in [3.63, 3.8) is 0 Å². The van der Waals surface area contributed by atoms with Gasteiger partial charge in [-0.15, -0.1) is 0 Å². The van der Waals surface area contributed by atoms with Crippen LogP contribution in [0.5, 0.6) is 0 Å². The fraction of sp³-hybridized carbons (Fsp3) is 0.571. The van der Waals surface area contributed by atoms with Crippen LogP contribution in [0, 0.1) is 10.1 Å². The van der Waals surface area contributed by atoms with E-state index in [4.69, 9.17) is 5.84 Å². The highest BCUT2D eigenvalue weighted by molar-refractivity contribution is 5.74. The number of nitrogens with two attached hydrogens (primary N) is 1. The molecule has 0 radical (unpaired) electrons. The fourth-order valence-corrected chi connectivity index (χ4v) is 1.11. The second kappa shape index (κ2) is 5.75. The largest absolute Gasteiger partial charge is 0.490 e. The van der Waals surface area contributed by atoms with Gasteiger partial charge in [-0.05, 0) is 17.8 Å². The molecule has 0 aliphatic heterocycles. The van der Waals surface area contributed by atoms with Crippen LogP contribution in [0.25, 0.3) is 0 Å². The average molecular weight is 228 g/mol. The number of aryl methyl sites for hydroxylation is 1. The van der Waals surface area contributed by atoms with Crippen molar-refractivity contribution in [3.8, 4) is 0 Å². The van der Waals surface area contributed by atoms with Gasteiger partial charge in [-0.1, -0.05) is 4.98 Å². The van der Waals surface area contributed by atoms with Crippen molar-refractivity contribution in [2.24, 2.45) is 5.84 Å². The first-order chi connectivity index (χ1) is 7.63. The van der Waals surface area contributed by atoms with Gasteiger partial charge in [0, 0.05) is 11.5 Å². The summed E-state index contributed by atoms with van der Waals surface area (Å²) in [5.74, 6) is 4.25. The number of nitro groups is 1. The van der Waals surface area contributed by atoms with E-state index >= 15 is 0 Å². The number of carbonyl (C=O) groups excluding carboxylic acids is 1. The molecule has 0 atom stereocenters. The van der Waals surface area contributed by atoms with Gasteiger partial charge in [0.15, 0.2) is 0 Å². The van der Waals surface area contributed by atoms with Crippen molar-refractivity contribution in [2.45, 2.75) is 25.8 Å². The molecule has 0 saturated heterocycles. The summed E-state index contributed by atoms with van der Waals surface area (Å²) >= 11 is 0. The van der Waals surface area contributed by atoms with E-state index in [-0.39, 0.29) is 5.91 Å². The standard InChI is InChI=1S/C7H12N6O3/c8-10-6(14)3-1-2-4-12-5-9-7(11-12)13(15)16/h5H,1-4,8H2,(H,10,14). The van der Waals surface area contributed by atoms with Crippen LogP contribution in [0.1, 0.15) is 19.3 Å². The highest BCUT2D eigenvalue weighted by Gasteiger charge is 2.12. The van der Waals surface area contributed by atoms with E-state index in [1.54, 1.807) is 0 Å². The number of hydrogen-bond donors (Lipinski definition) is 2. The minimum atomic E-state index is -0.654. The molecule has 9 nitrogen and oxygen atoms in total. The summed E-state index contributed by atoms with van der Waals surface area (Å²) in [6.07, 6.45) is 2.93. The normalized spacial score (nSPS) is 10.1. The Balaban J connectivity index is 2.27.